The molecule has 0 saturated carbocycles. The van der Waals surface area contributed by atoms with Crippen LogP contribution in [0.25, 0.3) is 10.9 Å². The molecule has 0 aliphatic carbocycles. The Kier molecular flexibility index (Phi) is 2.78. The molecule has 1 fully saturated rings. The number of aromatic nitrogens is 2. The van der Waals surface area contributed by atoms with Crippen molar-refractivity contribution in [3.05, 3.63) is 44.6 Å². The molecule has 3 rings (SSSR count). The third-order valence-corrected chi connectivity index (χ3v) is 4.58. The highest BCUT2D eigenvalue weighted by atomic mass is 32.2. The van der Waals surface area contributed by atoms with Crippen LogP contribution in [0.4, 0.5) is 0 Å². The summed E-state index contributed by atoms with van der Waals surface area (Å²) in [6.07, 6.45) is 0.894. The number of hydrogen-bond acceptors (Lipinski definition) is 3. The first-order valence-electron chi connectivity index (χ1n) is 6.00. The molecule has 1 unspecified atom stereocenters. The number of rotatable bonds is 1. The molecule has 1 N–H and O–H groups in total. The zero-order valence-electron chi connectivity index (χ0n) is 10.1. The van der Waals surface area contributed by atoms with Crippen molar-refractivity contribution in [1.82, 2.24) is 9.55 Å². The van der Waals surface area contributed by atoms with Crippen LogP contribution in [0.3, 0.4) is 0 Å². The van der Waals surface area contributed by atoms with Gasteiger partial charge in [0.25, 0.3) is 5.56 Å². The fourth-order valence-electron chi connectivity index (χ4n) is 2.50. The number of aryl methyl sites for hydroxylation is 1. The Morgan fingerprint density at radius 2 is 2.22 bits per heavy atom. The van der Waals surface area contributed by atoms with Crippen molar-refractivity contribution in [2.45, 2.75) is 19.4 Å². The Hall–Kier alpha value is -1.49. The first kappa shape index (κ1) is 11.6. The number of fused-ring (bicyclic) bond motifs is 1. The normalized spacial score (nSPS) is 19.5. The van der Waals surface area contributed by atoms with Gasteiger partial charge in [-0.3, -0.25) is 9.36 Å². The van der Waals surface area contributed by atoms with Gasteiger partial charge in [0.1, 0.15) is 0 Å². The molecular weight excluding hydrogens is 248 g/mol. The molecule has 1 aromatic heterocycles. The Balaban J connectivity index is 2.36. The Morgan fingerprint density at radius 3 is 2.94 bits per heavy atom. The van der Waals surface area contributed by atoms with E-state index in [2.05, 4.69) is 4.98 Å². The van der Waals surface area contributed by atoms with Gasteiger partial charge in [0, 0.05) is 5.75 Å². The van der Waals surface area contributed by atoms with Crippen molar-refractivity contribution >= 4 is 22.7 Å². The molecule has 0 radical (unpaired) electrons. The van der Waals surface area contributed by atoms with E-state index in [1.807, 2.05) is 19.1 Å². The van der Waals surface area contributed by atoms with Crippen LogP contribution in [-0.2, 0) is 0 Å². The van der Waals surface area contributed by atoms with Crippen LogP contribution in [0.1, 0.15) is 18.0 Å². The second-order valence-corrected chi connectivity index (χ2v) is 5.77. The van der Waals surface area contributed by atoms with Gasteiger partial charge in [-0.2, -0.15) is 11.8 Å². The maximum Gasteiger partial charge on any atom is 0.329 e. The molecule has 5 heteroatoms. The lowest BCUT2D eigenvalue weighted by Gasteiger charge is -2.12. The smallest absolute Gasteiger partial charge is 0.307 e. The Morgan fingerprint density at radius 1 is 1.39 bits per heavy atom. The van der Waals surface area contributed by atoms with Crippen LogP contribution in [0.2, 0.25) is 0 Å². The second kappa shape index (κ2) is 4.31. The molecule has 18 heavy (non-hydrogen) atoms. The number of hydrogen-bond donors (Lipinski definition) is 1. The lowest BCUT2D eigenvalue weighted by molar-refractivity contribution is 0.519. The predicted molar refractivity (Wildman–Crippen MR) is 74.5 cm³/mol. The molecule has 94 valence electrons. The topological polar surface area (TPSA) is 54.9 Å². The molecule has 1 atom stereocenters. The molecule has 4 nitrogen and oxygen atoms in total. The summed E-state index contributed by atoms with van der Waals surface area (Å²) in [6.45, 7) is 1.90. The molecule has 1 aliphatic heterocycles. The summed E-state index contributed by atoms with van der Waals surface area (Å²) in [4.78, 5) is 27.4. The number of benzene rings is 1. The maximum absolute atomic E-state index is 12.5. The zero-order valence-corrected chi connectivity index (χ0v) is 10.9. The minimum Gasteiger partial charge on any atom is -0.307 e. The molecule has 0 amide bonds. The standard InChI is InChI=1S/C13H14N2O2S/c1-8-3-2-4-10-11(8)12(16)15(13(17)14-10)9-5-6-18-7-9/h2-4,9H,5-7H2,1H3,(H,14,17). The van der Waals surface area contributed by atoms with E-state index in [0.29, 0.717) is 10.9 Å². The van der Waals surface area contributed by atoms with Gasteiger partial charge in [0.2, 0.25) is 0 Å². The van der Waals surface area contributed by atoms with Crippen molar-refractivity contribution in [2.24, 2.45) is 0 Å². The van der Waals surface area contributed by atoms with Crippen molar-refractivity contribution in [1.29, 1.82) is 0 Å². The molecule has 2 heterocycles. The molecule has 1 aromatic carbocycles. The Labute approximate surface area is 108 Å². The van der Waals surface area contributed by atoms with Gasteiger partial charge < -0.3 is 4.98 Å². The average molecular weight is 262 g/mol. The SMILES string of the molecule is Cc1cccc2[nH]c(=O)n(C3CCSC3)c(=O)c12. The highest BCUT2D eigenvalue weighted by molar-refractivity contribution is 7.99. The molecule has 0 spiro atoms. The first-order chi connectivity index (χ1) is 8.68. The molecule has 1 aliphatic rings. The fourth-order valence-corrected chi connectivity index (χ4v) is 3.69. The van der Waals surface area contributed by atoms with Crippen LogP contribution in [-0.4, -0.2) is 21.1 Å². The van der Waals surface area contributed by atoms with Gasteiger partial charge in [-0.15, -0.1) is 0 Å². The van der Waals surface area contributed by atoms with Crippen LogP contribution < -0.4 is 11.2 Å². The molecule has 1 saturated heterocycles. The summed E-state index contributed by atoms with van der Waals surface area (Å²) in [5.41, 5.74) is 1.10. The van der Waals surface area contributed by atoms with E-state index in [1.165, 1.54) is 4.57 Å². The van der Waals surface area contributed by atoms with Gasteiger partial charge in [-0.25, -0.2) is 4.79 Å². The van der Waals surface area contributed by atoms with Gasteiger partial charge in [0.15, 0.2) is 0 Å². The summed E-state index contributed by atoms with van der Waals surface area (Å²) in [5.74, 6) is 1.86. The van der Waals surface area contributed by atoms with E-state index in [1.54, 1.807) is 17.8 Å². The van der Waals surface area contributed by atoms with Crippen molar-refractivity contribution in [2.75, 3.05) is 11.5 Å². The van der Waals surface area contributed by atoms with Gasteiger partial charge in [-0.1, -0.05) is 12.1 Å². The summed E-state index contributed by atoms with van der Waals surface area (Å²) in [5, 5.41) is 0.633. The number of H-pyrrole nitrogens is 1. The van der Waals surface area contributed by atoms with E-state index in [0.717, 1.165) is 23.5 Å². The lowest BCUT2D eigenvalue weighted by Crippen LogP contribution is -2.38. The van der Waals surface area contributed by atoms with Gasteiger partial charge >= 0.3 is 5.69 Å². The molecule has 0 bridgehead atoms. The van der Waals surface area contributed by atoms with E-state index in [4.69, 9.17) is 0 Å². The van der Waals surface area contributed by atoms with Crippen molar-refractivity contribution in [3.63, 3.8) is 0 Å². The summed E-state index contributed by atoms with van der Waals surface area (Å²) in [6, 6.07) is 5.56. The highest BCUT2D eigenvalue weighted by Gasteiger charge is 2.22. The summed E-state index contributed by atoms with van der Waals surface area (Å²) in [7, 11) is 0. The summed E-state index contributed by atoms with van der Waals surface area (Å²) >= 11 is 1.79. The second-order valence-electron chi connectivity index (χ2n) is 4.62. The van der Waals surface area contributed by atoms with E-state index in [9.17, 15) is 9.59 Å². The average Bonchev–Trinajstić information content (AvgIpc) is 2.82. The number of thioether (sulfide) groups is 1. The Bertz CT molecular complexity index is 711. The van der Waals surface area contributed by atoms with Gasteiger partial charge in [-0.05, 0) is 30.7 Å². The zero-order chi connectivity index (χ0) is 12.7. The van der Waals surface area contributed by atoms with Crippen LogP contribution >= 0.6 is 11.8 Å². The third-order valence-electron chi connectivity index (χ3n) is 3.44. The van der Waals surface area contributed by atoms with Crippen LogP contribution in [0, 0.1) is 6.92 Å². The lowest BCUT2D eigenvalue weighted by atomic mass is 10.1. The third kappa shape index (κ3) is 1.70. The number of nitrogens with zero attached hydrogens (tertiary/aromatic N) is 1. The maximum atomic E-state index is 12.5. The minimum absolute atomic E-state index is 0.0373. The van der Waals surface area contributed by atoms with E-state index in [-0.39, 0.29) is 17.3 Å². The van der Waals surface area contributed by atoms with Crippen LogP contribution in [0.15, 0.2) is 27.8 Å². The highest BCUT2D eigenvalue weighted by Crippen LogP contribution is 2.25. The number of nitrogens with one attached hydrogen (secondary N) is 1. The minimum atomic E-state index is -0.286. The molecular formula is C13H14N2O2S. The summed E-state index contributed by atoms with van der Waals surface area (Å²) < 4.78 is 1.40. The quantitative estimate of drug-likeness (QED) is 0.850. The number of aromatic amines is 1. The van der Waals surface area contributed by atoms with Gasteiger partial charge in [0.05, 0.1) is 16.9 Å². The van der Waals surface area contributed by atoms with Crippen molar-refractivity contribution < 1.29 is 0 Å². The molecule has 2 aromatic rings. The fraction of sp³-hybridized carbons (Fsp3) is 0.385. The monoisotopic (exact) mass is 262 g/mol. The van der Waals surface area contributed by atoms with Crippen molar-refractivity contribution in [3.8, 4) is 0 Å². The van der Waals surface area contributed by atoms with E-state index >= 15 is 0 Å². The largest absolute Gasteiger partial charge is 0.329 e. The van der Waals surface area contributed by atoms with E-state index < -0.39 is 0 Å². The first-order valence-corrected chi connectivity index (χ1v) is 7.16. The van der Waals surface area contributed by atoms with Crippen LogP contribution in [0.5, 0.6) is 0 Å². The predicted octanol–water partition coefficient (Wildman–Crippen LogP) is 1.68.